The second-order valence-electron chi connectivity index (χ2n) is 7.80. The fraction of sp³-hybridized carbons (Fsp3) is 0.154. The van der Waals surface area contributed by atoms with Crippen LogP contribution in [0, 0.1) is 5.92 Å². The fourth-order valence-corrected chi connectivity index (χ4v) is 9.52. The zero-order valence-corrected chi connectivity index (χ0v) is 17.4. The number of rotatable bonds is 4. The molecule has 2 heteroatoms. The summed E-state index contributed by atoms with van der Waals surface area (Å²) >= 11 is 0. The van der Waals surface area contributed by atoms with Gasteiger partial charge in [0.2, 0.25) is 0 Å². The minimum Gasteiger partial charge on any atom is -0.497 e. The lowest BCUT2D eigenvalue weighted by atomic mass is 9.98. The molecule has 0 saturated heterocycles. The molecule has 2 aromatic rings. The van der Waals surface area contributed by atoms with Crippen molar-refractivity contribution in [1.82, 2.24) is 0 Å². The Morgan fingerprint density at radius 3 is 2.64 bits per heavy atom. The first-order valence-corrected chi connectivity index (χ1v) is 12.4. The summed E-state index contributed by atoms with van der Waals surface area (Å²) in [6.45, 7) is 2.50. The van der Waals surface area contributed by atoms with Crippen LogP contribution in [0.5, 0.6) is 5.75 Å². The molecular formula is C26H24OSi. The molecule has 2 atom stereocenters. The first kappa shape index (κ1) is 17.3. The van der Waals surface area contributed by atoms with Crippen LogP contribution in [0.1, 0.15) is 11.1 Å². The van der Waals surface area contributed by atoms with Crippen LogP contribution >= 0.6 is 0 Å². The Morgan fingerprint density at radius 2 is 1.75 bits per heavy atom. The van der Waals surface area contributed by atoms with Crippen molar-refractivity contribution >= 4 is 18.5 Å². The Hall–Kier alpha value is -2.84. The molecule has 2 aromatic carbocycles. The lowest BCUT2D eigenvalue weighted by Crippen LogP contribution is -2.49. The van der Waals surface area contributed by atoms with E-state index in [2.05, 4.69) is 97.6 Å². The molecule has 138 valence electrons. The van der Waals surface area contributed by atoms with Crippen LogP contribution in [0.25, 0.3) is 5.20 Å². The molecule has 0 spiro atoms. The monoisotopic (exact) mass is 380 g/mol. The number of allylic oxidation sites excluding steroid dienone is 9. The summed E-state index contributed by atoms with van der Waals surface area (Å²) in [7, 11) is -0.450. The van der Waals surface area contributed by atoms with E-state index in [-0.39, 0.29) is 0 Å². The molecule has 0 aromatic heterocycles. The lowest BCUT2D eigenvalue weighted by molar-refractivity contribution is 0.418. The maximum atomic E-state index is 5.86. The zero-order chi connectivity index (χ0) is 19.1. The zero-order valence-electron chi connectivity index (χ0n) is 16.4. The van der Waals surface area contributed by atoms with Crippen LogP contribution in [-0.4, -0.2) is 15.2 Å². The summed E-state index contributed by atoms with van der Waals surface area (Å²) in [5.74, 6) is 1.40. The highest BCUT2D eigenvalue weighted by atomic mass is 28.3. The highest BCUT2D eigenvalue weighted by Crippen LogP contribution is 2.44. The van der Waals surface area contributed by atoms with E-state index in [1.807, 2.05) is 0 Å². The van der Waals surface area contributed by atoms with E-state index in [1.54, 1.807) is 7.11 Å². The predicted molar refractivity (Wildman–Crippen MR) is 120 cm³/mol. The molecule has 0 saturated carbocycles. The first-order valence-electron chi connectivity index (χ1n) is 9.93. The smallest absolute Gasteiger partial charge is 0.150 e. The summed E-state index contributed by atoms with van der Waals surface area (Å²) in [6, 6.07) is 17.5. The summed E-state index contributed by atoms with van der Waals surface area (Å²) in [4.78, 5) is 0. The van der Waals surface area contributed by atoms with Gasteiger partial charge in [0.1, 0.15) is 5.75 Å². The molecule has 0 radical (unpaired) electrons. The quantitative estimate of drug-likeness (QED) is 0.653. The Balaban J connectivity index is 1.79. The van der Waals surface area contributed by atoms with Crippen molar-refractivity contribution in [1.29, 1.82) is 0 Å². The minimum atomic E-state index is -2.24. The number of hydrogen-bond acceptors (Lipinski definition) is 1. The van der Waals surface area contributed by atoms with Gasteiger partial charge in [-0.3, -0.25) is 0 Å². The van der Waals surface area contributed by atoms with Gasteiger partial charge in [-0.1, -0.05) is 91.5 Å². The average Bonchev–Trinajstić information content (AvgIpc) is 3.38. The minimum absolute atomic E-state index is 0.402. The number of methoxy groups -OCH3 is 1. The van der Waals surface area contributed by atoms with Crippen LogP contribution < -0.4 is 9.92 Å². The Kier molecular flexibility index (Phi) is 4.10. The molecule has 2 unspecified atom stereocenters. The maximum absolute atomic E-state index is 5.86. The van der Waals surface area contributed by atoms with Gasteiger partial charge in [0.05, 0.1) is 7.11 Å². The summed E-state index contributed by atoms with van der Waals surface area (Å²) in [6.07, 6.45) is 17.2. The molecule has 3 aliphatic carbocycles. The van der Waals surface area contributed by atoms with Crippen molar-refractivity contribution in [3.05, 3.63) is 113 Å². The van der Waals surface area contributed by atoms with E-state index < -0.39 is 8.07 Å². The molecule has 0 amide bonds. The fourth-order valence-electron chi connectivity index (χ4n) is 5.00. The first-order chi connectivity index (χ1) is 13.7. The van der Waals surface area contributed by atoms with E-state index in [0.29, 0.717) is 5.92 Å². The third-order valence-electron chi connectivity index (χ3n) is 6.40. The molecule has 3 aliphatic rings. The number of fused-ring (bicyclic) bond motifs is 2. The highest BCUT2D eigenvalue weighted by molar-refractivity contribution is 7.11. The van der Waals surface area contributed by atoms with E-state index in [4.69, 9.17) is 4.74 Å². The van der Waals surface area contributed by atoms with Crippen molar-refractivity contribution in [2.75, 3.05) is 7.11 Å². The van der Waals surface area contributed by atoms with E-state index in [9.17, 15) is 0 Å². The van der Waals surface area contributed by atoms with Gasteiger partial charge in [-0.05, 0) is 44.8 Å². The molecule has 0 N–H and O–H groups in total. The van der Waals surface area contributed by atoms with Gasteiger partial charge >= 0.3 is 0 Å². The van der Waals surface area contributed by atoms with Gasteiger partial charge in [-0.25, -0.2) is 0 Å². The topological polar surface area (TPSA) is 9.23 Å². The number of benzene rings is 2. The third-order valence-corrected chi connectivity index (χ3v) is 11.0. The van der Waals surface area contributed by atoms with Crippen molar-refractivity contribution in [3.63, 3.8) is 0 Å². The van der Waals surface area contributed by atoms with Crippen LogP contribution in [0.3, 0.4) is 0 Å². The summed E-state index contributed by atoms with van der Waals surface area (Å²) in [5, 5.41) is 4.38. The van der Waals surface area contributed by atoms with Crippen LogP contribution in [0.2, 0.25) is 6.55 Å². The summed E-state index contributed by atoms with van der Waals surface area (Å²) < 4.78 is 5.86. The normalized spacial score (nSPS) is 21.4. The number of para-hydroxylation sites is 1. The number of hydrogen-bond donors (Lipinski definition) is 0. The highest BCUT2D eigenvalue weighted by Gasteiger charge is 2.44. The Labute approximate surface area is 168 Å². The Bertz CT molecular complexity index is 1100. The number of ether oxygens (including phenoxy) is 1. The lowest BCUT2D eigenvalue weighted by Gasteiger charge is -2.34. The van der Waals surface area contributed by atoms with Gasteiger partial charge in [-0.15, -0.1) is 0 Å². The van der Waals surface area contributed by atoms with Crippen molar-refractivity contribution in [3.8, 4) is 5.75 Å². The van der Waals surface area contributed by atoms with Gasteiger partial charge < -0.3 is 4.74 Å². The van der Waals surface area contributed by atoms with Gasteiger partial charge in [0.25, 0.3) is 0 Å². The van der Waals surface area contributed by atoms with Crippen molar-refractivity contribution in [2.24, 2.45) is 5.92 Å². The Morgan fingerprint density at radius 1 is 0.929 bits per heavy atom. The summed E-state index contributed by atoms with van der Waals surface area (Å²) in [5.41, 5.74) is 4.31. The van der Waals surface area contributed by atoms with Crippen LogP contribution in [-0.2, 0) is 6.42 Å². The maximum Gasteiger partial charge on any atom is 0.150 e. The molecule has 1 nitrogen and oxygen atoms in total. The molecule has 0 fully saturated rings. The largest absolute Gasteiger partial charge is 0.497 e. The molecular weight excluding hydrogens is 356 g/mol. The average molecular weight is 381 g/mol. The van der Waals surface area contributed by atoms with Crippen LogP contribution in [0.15, 0.2) is 102 Å². The molecule has 0 bridgehead atoms. The van der Waals surface area contributed by atoms with Crippen LogP contribution in [0.4, 0.5) is 0 Å². The molecule has 28 heavy (non-hydrogen) atoms. The van der Waals surface area contributed by atoms with E-state index in [1.165, 1.54) is 32.3 Å². The second-order valence-corrected chi connectivity index (χ2v) is 11.7. The van der Waals surface area contributed by atoms with Crippen molar-refractivity contribution < 1.29 is 4.74 Å². The van der Waals surface area contributed by atoms with Crippen molar-refractivity contribution in [2.45, 2.75) is 13.0 Å². The third kappa shape index (κ3) is 2.45. The standard InChI is InChI=1S/C26H24OSi/c1-27-23-13-7-8-14-26(23)28(2,24-17-15-19-9-3-5-11-21(19)24)25-18-16-20-10-4-6-12-22(20)25/h3-15,17-19H,16H2,1-2H3. The molecule has 5 rings (SSSR count). The van der Waals surface area contributed by atoms with Gasteiger partial charge in [0.15, 0.2) is 8.07 Å². The molecule has 0 heterocycles. The van der Waals surface area contributed by atoms with Gasteiger partial charge in [-0.2, -0.15) is 0 Å². The molecule has 0 aliphatic heterocycles. The predicted octanol–water partition coefficient (Wildman–Crippen LogP) is 5.31. The second kappa shape index (κ2) is 6.64. The SMILES string of the molecule is COc1ccccc1[Si](C)(C1=CCc2ccccc21)C1=C2C=CC=CC2C=C1. The van der Waals surface area contributed by atoms with Gasteiger partial charge in [0, 0.05) is 5.92 Å². The van der Waals surface area contributed by atoms with E-state index >= 15 is 0 Å². The van der Waals surface area contributed by atoms with E-state index in [0.717, 1.165) is 12.2 Å².